The number of anilines is 2. The monoisotopic (exact) mass is 477 g/mol. The molecule has 3 aromatic carbocycles. The molecular formula is C24H20ClN5O2S. The van der Waals surface area contributed by atoms with Gasteiger partial charge in [0.2, 0.25) is 0 Å². The van der Waals surface area contributed by atoms with Crippen LogP contribution in [-0.4, -0.2) is 31.8 Å². The minimum atomic E-state index is -0.204. The molecule has 0 aliphatic heterocycles. The molecule has 1 aliphatic rings. The summed E-state index contributed by atoms with van der Waals surface area (Å²) in [5, 5.41) is 23.0. The molecule has 1 fully saturated rings. The van der Waals surface area contributed by atoms with Crippen molar-refractivity contribution in [2.24, 2.45) is 0 Å². The van der Waals surface area contributed by atoms with Gasteiger partial charge in [0.15, 0.2) is 4.77 Å². The van der Waals surface area contributed by atoms with Crippen LogP contribution in [0.2, 0.25) is 5.02 Å². The van der Waals surface area contributed by atoms with Crippen molar-refractivity contribution in [2.75, 3.05) is 10.6 Å². The first kappa shape index (κ1) is 21.2. The van der Waals surface area contributed by atoms with Crippen molar-refractivity contribution >= 4 is 41.1 Å². The van der Waals surface area contributed by atoms with Gasteiger partial charge in [0.25, 0.3) is 5.91 Å². The molecule has 1 saturated carbocycles. The molecule has 5 rings (SSSR count). The molecule has 166 valence electrons. The van der Waals surface area contributed by atoms with E-state index in [1.54, 1.807) is 29.1 Å². The van der Waals surface area contributed by atoms with Gasteiger partial charge in [0.05, 0.1) is 10.7 Å². The van der Waals surface area contributed by atoms with E-state index in [1.807, 2.05) is 48.5 Å². The topological polar surface area (TPSA) is 95.0 Å². The lowest BCUT2D eigenvalue weighted by Gasteiger charge is -2.10. The van der Waals surface area contributed by atoms with Crippen LogP contribution in [0.15, 0.2) is 73.1 Å². The summed E-state index contributed by atoms with van der Waals surface area (Å²) in [5.74, 6) is 0.199. The second kappa shape index (κ2) is 8.73. The molecule has 2 unspecified atom stereocenters. The zero-order chi connectivity index (χ0) is 22.9. The van der Waals surface area contributed by atoms with E-state index in [-0.39, 0.29) is 17.7 Å². The van der Waals surface area contributed by atoms with Gasteiger partial charge in [-0.15, -0.1) is 0 Å². The normalized spacial score (nSPS) is 16.9. The number of carbonyl (C=O) groups excluding carboxylic acids is 1. The summed E-state index contributed by atoms with van der Waals surface area (Å²) in [6.45, 7) is 0. The van der Waals surface area contributed by atoms with Crippen LogP contribution in [0.1, 0.15) is 28.3 Å². The van der Waals surface area contributed by atoms with Gasteiger partial charge in [0, 0.05) is 28.9 Å². The molecule has 1 amide bonds. The first-order valence-electron chi connectivity index (χ1n) is 10.4. The molecule has 4 N–H and O–H groups in total. The number of halogens is 1. The molecular weight excluding hydrogens is 458 g/mol. The number of benzene rings is 3. The molecule has 4 aromatic rings. The standard InChI is InChI=1S/C24H20ClN5O2S/c25-20-10-14(7-8-22(20)31)19-12-21(19)27-16-4-1-3-15(9-16)23(32)28-17-5-2-6-18(11-17)30-13-26-29-24(30)33/h1-11,13,19,21,27,31H,12H2,(H,28,32)(H,29,33). The predicted octanol–water partition coefficient (Wildman–Crippen LogP) is 5.51. The van der Waals surface area contributed by atoms with Gasteiger partial charge >= 0.3 is 0 Å². The maximum Gasteiger partial charge on any atom is 0.255 e. The molecule has 9 heteroatoms. The van der Waals surface area contributed by atoms with Crippen molar-refractivity contribution < 1.29 is 9.90 Å². The van der Waals surface area contributed by atoms with Gasteiger partial charge in [-0.05, 0) is 72.7 Å². The van der Waals surface area contributed by atoms with Crippen LogP contribution >= 0.6 is 23.8 Å². The van der Waals surface area contributed by atoms with Crippen LogP contribution in [0, 0.1) is 4.77 Å². The quantitative estimate of drug-likeness (QED) is 0.275. The van der Waals surface area contributed by atoms with Crippen molar-refractivity contribution in [3.63, 3.8) is 0 Å². The minimum Gasteiger partial charge on any atom is -0.506 e. The smallest absolute Gasteiger partial charge is 0.255 e. The number of nitrogens with one attached hydrogen (secondary N) is 3. The zero-order valence-corrected chi connectivity index (χ0v) is 18.9. The molecule has 7 nitrogen and oxygen atoms in total. The molecule has 0 radical (unpaired) electrons. The van der Waals surface area contributed by atoms with Crippen LogP contribution in [0.25, 0.3) is 5.69 Å². The lowest BCUT2D eigenvalue weighted by molar-refractivity contribution is 0.102. The Bertz CT molecular complexity index is 1400. The number of phenolic OH excluding ortho intramolecular Hbond substituents is 1. The van der Waals surface area contributed by atoms with E-state index in [9.17, 15) is 9.90 Å². The summed E-state index contributed by atoms with van der Waals surface area (Å²) in [7, 11) is 0. The Labute approximate surface area is 200 Å². The van der Waals surface area contributed by atoms with E-state index < -0.39 is 0 Å². The number of hydrogen-bond acceptors (Lipinski definition) is 5. The first-order valence-corrected chi connectivity index (χ1v) is 11.2. The molecule has 0 saturated heterocycles. The third-order valence-corrected chi connectivity index (χ3v) is 6.19. The Morgan fingerprint density at radius 2 is 1.94 bits per heavy atom. The summed E-state index contributed by atoms with van der Waals surface area (Å²) < 4.78 is 2.20. The molecule has 33 heavy (non-hydrogen) atoms. The van der Waals surface area contributed by atoms with E-state index in [0.29, 0.717) is 27.0 Å². The maximum atomic E-state index is 12.9. The Kier molecular flexibility index (Phi) is 5.62. The SMILES string of the molecule is O=C(Nc1cccc(-n2cn[nH]c2=S)c1)c1cccc(NC2CC2c2ccc(O)c(Cl)c2)c1. The van der Waals surface area contributed by atoms with E-state index in [1.165, 1.54) is 0 Å². The molecule has 1 heterocycles. The van der Waals surface area contributed by atoms with Gasteiger partial charge in [0.1, 0.15) is 12.1 Å². The number of H-pyrrole nitrogens is 1. The lowest BCUT2D eigenvalue weighted by Crippen LogP contribution is -2.13. The first-order chi connectivity index (χ1) is 16.0. The molecule has 0 spiro atoms. The fraction of sp³-hybridized carbons (Fsp3) is 0.125. The number of aromatic amines is 1. The highest BCUT2D eigenvalue weighted by Crippen LogP contribution is 2.44. The van der Waals surface area contributed by atoms with Crippen molar-refractivity contribution in [3.05, 3.63) is 94.0 Å². The fourth-order valence-electron chi connectivity index (χ4n) is 3.81. The Morgan fingerprint density at radius 1 is 1.12 bits per heavy atom. The Morgan fingerprint density at radius 3 is 2.73 bits per heavy atom. The van der Waals surface area contributed by atoms with Gasteiger partial charge in [-0.2, -0.15) is 5.10 Å². The predicted molar refractivity (Wildman–Crippen MR) is 131 cm³/mol. The van der Waals surface area contributed by atoms with Crippen molar-refractivity contribution in [1.29, 1.82) is 0 Å². The summed E-state index contributed by atoms with van der Waals surface area (Å²) in [6, 6.07) is 20.4. The molecule has 1 aromatic heterocycles. The molecule has 0 bridgehead atoms. The average Bonchev–Trinajstić information content (AvgIpc) is 3.44. The molecule has 2 atom stereocenters. The third kappa shape index (κ3) is 4.62. The number of rotatable bonds is 6. The summed E-state index contributed by atoms with van der Waals surface area (Å²) in [6.07, 6.45) is 2.55. The van der Waals surface area contributed by atoms with Crippen LogP contribution in [-0.2, 0) is 0 Å². The second-order valence-corrected chi connectivity index (χ2v) is 8.71. The number of carbonyl (C=O) groups is 1. The minimum absolute atomic E-state index is 0.0859. The fourth-order valence-corrected chi connectivity index (χ4v) is 4.20. The highest BCUT2D eigenvalue weighted by Gasteiger charge is 2.38. The van der Waals surface area contributed by atoms with Gasteiger partial charge in [-0.3, -0.25) is 14.5 Å². The summed E-state index contributed by atoms with van der Waals surface area (Å²) in [5.41, 5.74) is 3.97. The highest BCUT2D eigenvalue weighted by molar-refractivity contribution is 7.71. The number of nitrogens with zero attached hydrogens (tertiary/aromatic N) is 2. The van der Waals surface area contributed by atoms with Gasteiger partial charge in [-0.25, -0.2) is 0 Å². The number of phenols is 1. The Balaban J connectivity index is 1.26. The average molecular weight is 478 g/mol. The lowest BCUT2D eigenvalue weighted by atomic mass is 10.1. The summed E-state index contributed by atoms with van der Waals surface area (Å²) in [4.78, 5) is 12.9. The maximum absolute atomic E-state index is 12.9. The number of aromatic nitrogens is 3. The van der Waals surface area contributed by atoms with E-state index in [4.69, 9.17) is 23.8 Å². The summed E-state index contributed by atoms with van der Waals surface area (Å²) >= 11 is 11.2. The second-order valence-electron chi connectivity index (χ2n) is 7.92. The van der Waals surface area contributed by atoms with Crippen LogP contribution in [0.3, 0.4) is 0 Å². The highest BCUT2D eigenvalue weighted by atomic mass is 35.5. The van der Waals surface area contributed by atoms with Gasteiger partial charge in [-0.1, -0.05) is 29.8 Å². The van der Waals surface area contributed by atoms with Crippen molar-refractivity contribution in [2.45, 2.75) is 18.4 Å². The van der Waals surface area contributed by atoms with E-state index in [0.717, 1.165) is 23.4 Å². The van der Waals surface area contributed by atoms with E-state index >= 15 is 0 Å². The van der Waals surface area contributed by atoms with Crippen molar-refractivity contribution in [3.8, 4) is 11.4 Å². The van der Waals surface area contributed by atoms with E-state index in [2.05, 4.69) is 20.8 Å². The number of aromatic hydroxyl groups is 1. The third-order valence-electron chi connectivity index (χ3n) is 5.60. The van der Waals surface area contributed by atoms with Gasteiger partial charge < -0.3 is 15.7 Å². The molecule has 1 aliphatic carbocycles. The number of amides is 1. The zero-order valence-electron chi connectivity index (χ0n) is 17.3. The van der Waals surface area contributed by atoms with Crippen LogP contribution < -0.4 is 10.6 Å². The van der Waals surface area contributed by atoms with Crippen LogP contribution in [0.4, 0.5) is 11.4 Å². The Hall–Kier alpha value is -3.62. The number of hydrogen-bond donors (Lipinski definition) is 4. The van der Waals surface area contributed by atoms with Crippen LogP contribution in [0.5, 0.6) is 5.75 Å². The van der Waals surface area contributed by atoms with Crippen molar-refractivity contribution in [1.82, 2.24) is 14.8 Å². The largest absolute Gasteiger partial charge is 0.506 e.